The van der Waals surface area contributed by atoms with Crippen LogP contribution in [0.3, 0.4) is 0 Å². The third-order valence-corrected chi connectivity index (χ3v) is 4.82. The second-order valence-corrected chi connectivity index (χ2v) is 6.23. The van der Waals surface area contributed by atoms with Gasteiger partial charge >= 0.3 is 0 Å². The fourth-order valence-electron chi connectivity index (χ4n) is 2.64. The predicted octanol–water partition coefficient (Wildman–Crippen LogP) is 2.39. The van der Waals surface area contributed by atoms with E-state index in [4.69, 9.17) is 0 Å². The van der Waals surface area contributed by atoms with E-state index in [0.717, 1.165) is 30.8 Å². The molecule has 2 unspecified atom stereocenters. The fraction of sp³-hybridized carbons (Fsp3) is 0.600. The summed E-state index contributed by atoms with van der Waals surface area (Å²) in [6, 6.07) is 7.93. The smallest absolute Gasteiger partial charge is 0.126 e. The lowest BCUT2D eigenvalue weighted by Crippen LogP contribution is -2.53. The highest BCUT2D eigenvalue weighted by molar-refractivity contribution is 7.99. The summed E-state index contributed by atoms with van der Waals surface area (Å²) in [5.74, 6) is 2.24. The minimum absolute atomic E-state index is 0.0866. The van der Waals surface area contributed by atoms with Gasteiger partial charge in [0.2, 0.25) is 0 Å². The number of hydrogen-bond donors (Lipinski definition) is 1. The molecule has 0 saturated carbocycles. The van der Waals surface area contributed by atoms with Crippen LogP contribution >= 0.6 is 11.8 Å². The van der Waals surface area contributed by atoms with Crippen LogP contribution in [-0.4, -0.2) is 48.6 Å². The van der Waals surface area contributed by atoms with Crippen LogP contribution in [0.1, 0.15) is 12.5 Å². The molecule has 0 spiro atoms. The lowest BCUT2D eigenvalue weighted by Gasteiger charge is -2.38. The van der Waals surface area contributed by atoms with Crippen LogP contribution in [0.4, 0.5) is 4.39 Å². The molecule has 0 aromatic heterocycles. The van der Waals surface area contributed by atoms with Crippen molar-refractivity contribution in [3.8, 4) is 0 Å². The second kappa shape index (κ2) is 7.27. The molecule has 2 rings (SSSR count). The van der Waals surface area contributed by atoms with Gasteiger partial charge < -0.3 is 10.2 Å². The third-order valence-electron chi connectivity index (χ3n) is 3.77. The van der Waals surface area contributed by atoms with Gasteiger partial charge in [0.15, 0.2) is 0 Å². The highest BCUT2D eigenvalue weighted by Crippen LogP contribution is 2.20. The quantitative estimate of drug-likeness (QED) is 0.893. The minimum Gasteiger partial charge on any atom is -0.312 e. The standard InChI is InChI=1S/C15H23FN2S/c1-3-17-14(15-11-19-9-8-18(15)2)10-12-6-4-5-7-13(12)16/h4-7,14-15,17H,3,8-11H2,1-2H3. The Morgan fingerprint density at radius 1 is 1.47 bits per heavy atom. The predicted molar refractivity (Wildman–Crippen MR) is 81.3 cm³/mol. The van der Waals surface area contributed by atoms with Crippen LogP contribution in [-0.2, 0) is 6.42 Å². The molecule has 1 N–H and O–H groups in total. The lowest BCUT2D eigenvalue weighted by atomic mass is 9.98. The highest BCUT2D eigenvalue weighted by Gasteiger charge is 2.28. The first-order valence-corrected chi connectivity index (χ1v) is 8.12. The van der Waals surface area contributed by atoms with Crippen molar-refractivity contribution < 1.29 is 4.39 Å². The maximum atomic E-state index is 13.8. The summed E-state index contributed by atoms with van der Waals surface area (Å²) in [6.45, 7) is 4.16. The van der Waals surface area contributed by atoms with Crippen molar-refractivity contribution in [1.82, 2.24) is 10.2 Å². The molecule has 2 atom stereocenters. The van der Waals surface area contributed by atoms with E-state index in [1.165, 1.54) is 5.75 Å². The maximum Gasteiger partial charge on any atom is 0.126 e. The molecule has 1 heterocycles. The van der Waals surface area contributed by atoms with Crippen LogP contribution in [0, 0.1) is 5.82 Å². The van der Waals surface area contributed by atoms with Gasteiger partial charge in [-0.3, -0.25) is 0 Å². The van der Waals surface area contributed by atoms with Gasteiger partial charge in [-0.1, -0.05) is 25.1 Å². The Balaban J connectivity index is 2.09. The van der Waals surface area contributed by atoms with Crippen molar-refractivity contribution in [2.75, 3.05) is 31.6 Å². The van der Waals surface area contributed by atoms with E-state index in [1.807, 2.05) is 23.9 Å². The van der Waals surface area contributed by atoms with E-state index in [9.17, 15) is 4.39 Å². The normalized spacial score (nSPS) is 22.4. The zero-order valence-corrected chi connectivity index (χ0v) is 12.5. The molecule has 0 bridgehead atoms. The largest absolute Gasteiger partial charge is 0.312 e. The van der Waals surface area contributed by atoms with E-state index in [-0.39, 0.29) is 5.82 Å². The molecule has 0 amide bonds. The molecular formula is C15H23FN2S. The fourth-order valence-corrected chi connectivity index (χ4v) is 3.95. The van der Waals surface area contributed by atoms with E-state index in [2.05, 4.69) is 24.2 Å². The van der Waals surface area contributed by atoms with Crippen LogP contribution in [0.15, 0.2) is 24.3 Å². The molecule has 19 heavy (non-hydrogen) atoms. The van der Waals surface area contributed by atoms with Crippen LogP contribution in [0.5, 0.6) is 0 Å². The average Bonchev–Trinajstić information content (AvgIpc) is 2.41. The first-order chi connectivity index (χ1) is 9.22. The van der Waals surface area contributed by atoms with Crippen molar-refractivity contribution >= 4 is 11.8 Å². The Hall–Kier alpha value is -0.580. The zero-order chi connectivity index (χ0) is 13.7. The van der Waals surface area contributed by atoms with Gasteiger partial charge in [-0.15, -0.1) is 0 Å². The van der Waals surface area contributed by atoms with Crippen molar-refractivity contribution in [3.63, 3.8) is 0 Å². The number of halogens is 1. The Labute approximate surface area is 119 Å². The van der Waals surface area contributed by atoms with Crippen molar-refractivity contribution in [1.29, 1.82) is 0 Å². The lowest BCUT2D eigenvalue weighted by molar-refractivity contribution is 0.214. The molecule has 1 aromatic carbocycles. The summed E-state index contributed by atoms with van der Waals surface area (Å²) in [5, 5.41) is 3.54. The number of rotatable bonds is 5. The van der Waals surface area contributed by atoms with Crippen molar-refractivity contribution in [2.45, 2.75) is 25.4 Å². The van der Waals surface area contributed by atoms with Crippen LogP contribution in [0.2, 0.25) is 0 Å². The summed E-state index contributed by atoms with van der Waals surface area (Å²) < 4.78 is 13.8. The SMILES string of the molecule is CCNC(Cc1ccccc1F)C1CSCCN1C. The van der Waals surface area contributed by atoms with Gasteiger partial charge in [-0.2, -0.15) is 11.8 Å². The van der Waals surface area contributed by atoms with Crippen LogP contribution in [0.25, 0.3) is 0 Å². The number of likely N-dealkylation sites (N-methyl/N-ethyl adjacent to an activating group) is 2. The van der Waals surface area contributed by atoms with Gasteiger partial charge in [0.1, 0.15) is 5.82 Å². The summed E-state index contributed by atoms with van der Waals surface area (Å²) in [5.41, 5.74) is 0.817. The number of benzene rings is 1. The van der Waals surface area contributed by atoms with Gasteiger partial charge in [-0.25, -0.2) is 4.39 Å². The topological polar surface area (TPSA) is 15.3 Å². The van der Waals surface area contributed by atoms with Gasteiger partial charge in [0.05, 0.1) is 0 Å². The Kier molecular flexibility index (Phi) is 5.67. The summed E-state index contributed by atoms with van der Waals surface area (Å²) in [7, 11) is 2.18. The molecule has 1 aliphatic heterocycles. The molecule has 106 valence electrons. The second-order valence-electron chi connectivity index (χ2n) is 5.08. The van der Waals surface area contributed by atoms with Crippen LogP contribution < -0.4 is 5.32 Å². The Bertz CT molecular complexity index is 399. The highest BCUT2D eigenvalue weighted by atomic mass is 32.2. The molecule has 0 aliphatic carbocycles. The Morgan fingerprint density at radius 2 is 2.26 bits per heavy atom. The molecule has 0 radical (unpaired) electrons. The van der Waals surface area contributed by atoms with Gasteiger partial charge in [0.25, 0.3) is 0 Å². The van der Waals surface area contributed by atoms with Crippen molar-refractivity contribution in [2.24, 2.45) is 0 Å². The summed E-state index contributed by atoms with van der Waals surface area (Å²) >= 11 is 2.00. The first-order valence-electron chi connectivity index (χ1n) is 6.97. The molecule has 1 aromatic rings. The molecule has 1 saturated heterocycles. The molecule has 1 fully saturated rings. The molecule has 2 nitrogen and oxygen atoms in total. The Morgan fingerprint density at radius 3 is 2.95 bits per heavy atom. The molecule has 4 heteroatoms. The monoisotopic (exact) mass is 282 g/mol. The molecular weight excluding hydrogens is 259 g/mol. The van der Waals surface area contributed by atoms with Gasteiger partial charge in [0, 0.05) is 30.1 Å². The van der Waals surface area contributed by atoms with E-state index in [1.54, 1.807) is 12.1 Å². The third kappa shape index (κ3) is 3.94. The summed E-state index contributed by atoms with van der Waals surface area (Å²) in [6.07, 6.45) is 0.760. The zero-order valence-electron chi connectivity index (χ0n) is 11.7. The number of nitrogens with zero attached hydrogens (tertiary/aromatic N) is 1. The van der Waals surface area contributed by atoms with E-state index >= 15 is 0 Å². The first kappa shape index (κ1) is 14.8. The number of hydrogen-bond acceptors (Lipinski definition) is 3. The number of nitrogens with one attached hydrogen (secondary N) is 1. The molecule has 1 aliphatic rings. The number of thioether (sulfide) groups is 1. The summed E-state index contributed by atoms with van der Waals surface area (Å²) in [4.78, 5) is 2.41. The van der Waals surface area contributed by atoms with E-state index in [0.29, 0.717) is 12.1 Å². The minimum atomic E-state index is -0.0866. The van der Waals surface area contributed by atoms with E-state index < -0.39 is 0 Å². The maximum absolute atomic E-state index is 13.8. The average molecular weight is 282 g/mol. The van der Waals surface area contributed by atoms with Gasteiger partial charge in [-0.05, 0) is 31.6 Å². The van der Waals surface area contributed by atoms with Crippen molar-refractivity contribution in [3.05, 3.63) is 35.6 Å².